The van der Waals surface area contributed by atoms with Gasteiger partial charge < -0.3 is 5.32 Å². The Labute approximate surface area is 184 Å². The molecule has 1 unspecified atom stereocenters. The van der Waals surface area contributed by atoms with E-state index in [0.29, 0.717) is 33.8 Å². The van der Waals surface area contributed by atoms with Crippen molar-refractivity contribution in [3.8, 4) is 11.4 Å². The Morgan fingerprint density at radius 2 is 1.73 bits per heavy atom. The Bertz CT molecular complexity index is 1210. The van der Waals surface area contributed by atoms with Gasteiger partial charge in [-0.15, -0.1) is 5.10 Å². The number of halogens is 2. The molecule has 7 heteroatoms. The molecule has 0 radical (unpaired) electrons. The van der Waals surface area contributed by atoms with E-state index in [1.807, 2.05) is 48.5 Å². The fourth-order valence-corrected chi connectivity index (χ4v) is 4.81. The van der Waals surface area contributed by atoms with E-state index in [1.165, 1.54) is 0 Å². The number of aromatic nitrogens is 3. The van der Waals surface area contributed by atoms with Gasteiger partial charge in [-0.2, -0.15) is 4.98 Å². The zero-order valence-electron chi connectivity index (χ0n) is 16.6. The average Bonchev–Trinajstić information content (AvgIpc) is 3.09. The molecule has 0 saturated heterocycles. The molecule has 2 heterocycles. The van der Waals surface area contributed by atoms with Gasteiger partial charge in [0, 0.05) is 33.8 Å². The highest BCUT2D eigenvalue weighted by Gasteiger charge is 2.42. The van der Waals surface area contributed by atoms with Crippen molar-refractivity contribution in [2.45, 2.75) is 32.7 Å². The molecule has 1 aliphatic carbocycles. The Kier molecular flexibility index (Phi) is 4.49. The SMILES string of the molecule is CC1(C)CC(=O)C2=C(C1)Nc1nc(-c3ccccc3Cl)nn1C2c1ccccc1Cl. The third kappa shape index (κ3) is 3.13. The van der Waals surface area contributed by atoms with Crippen LogP contribution in [0.5, 0.6) is 0 Å². The standard InChI is InChI=1S/C23H20Cl2N4O/c1-23(2)11-17-19(18(30)12-23)20(13-7-3-5-9-15(13)24)29-22(26-17)27-21(28-29)14-8-4-6-10-16(14)25/h3-10,20H,11-12H2,1-2H3,(H,26,27,28). The summed E-state index contributed by atoms with van der Waals surface area (Å²) in [7, 11) is 0. The number of anilines is 1. The van der Waals surface area contributed by atoms with Gasteiger partial charge in [0.2, 0.25) is 5.95 Å². The van der Waals surface area contributed by atoms with E-state index in [9.17, 15) is 4.79 Å². The third-order valence-electron chi connectivity index (χ3n) is 5.65. The molecule has 30 heavy (non-hydrogen) atoms. The summed E-state index contributed by atoms with van der Waals surface area (Å²) < 4.78 is 1.76. The second kappa shape index (κ2) is 6.96. The fraction of sp³-hybridized carbons (Fsp3) is 0.261. The van der Waals surface area contributed by atoms with Gasteiger partial charge >= 0.3 is 0 Å². The van der Waals surface area contributed by atoms with Gasteiger partial charge in [0.25, 0.3) is 0 Å². The van der Waals surface area contributed by atoms with Crippen LogP contribution in [0.2, 0.25) is 10.0 Å². The van der Waals surface area contributed by atoms with Gasteiger partial charge in [-0.3, -0.25) is 4.79 Å². The van der Waals surface area contributed by atoms with Gasteiger partial charge in [-0.1, -0.05) is 67.4 Å². The van der Waals surface area contributed by atoms with E-state index in [1.54, 1.807) is 4.68 Å². The number of nitrogens with zero attached hydrogens (tertiary/aromatic N) is 3. The molecule has 0 fully saturated rings. The quantitative estimate of drug-likeness (QED) is 0.539. The Hall–Kier alpha value is -2.63. The normalized spacial score (nSPS) is 19.9. The summed E-state index contributed by atoms with van der Waals surface area (Å²) in [5.41, 5.74) is 3.06. The zero-order chi connectivity index (χ0) is 21.0. The van der Waals surface area contributed by atoms with E-state index < -0.39 is 6.04 Å². The van der Waals surface area contributed by atoms with Crippen LogP contribution in [0.1, 0.15) is 38.3 Å². The zero-order valence-corrected chi connectivity index (χ0v) is 18.1. The molecule has 0 bridgehead atoms. The molecule has 0 saturated carbocycles. The molecule has 2 aliphatic rings. The van der Waals surface area contributed by atoms with Crippen LogP contribution < -0.4 is 5.32 Å². The van der Waals surface area contributed by atoms with Crippen molar-refractivity contribution < 1.29 is 4.79 Å². The summed E-state index contributed by atoms with van der Waals surface area (Å²) in [6.07, 6.45) is 1.24. The second-order valence-electron chi connectivity index (χ2n) is 8.57. The number of hydrogen-bond acceptors (Lipinski definition) is 4. The van der Waals surface area contributed by atoms with Crippen molar-refractivity contribution in [3.05, 3.63) is 75.4 Å². The number of allylic oxidation sites excluding steroid dienone is 2. The molecule has 1 N–H and O–H groups in total. The highest BCUT2D eigenvalue weighted by Crippen LogP contribution is 2.46. The molecule has 3 aromatic rings. The Morgan fingerprint density at radius 3 is 2.47 bits per heavy atom. The molecule has 1 atom stereocenters. The number of carbonyl (C=O) groups excluding carboxylic acids is 1. The van der Waals surface area contributed by atoms with Gasteiger partial charge in [0.05, 0.1) is 5.02 Å². The van der Waals surface area contributed by atoms with E-state index >= 15 is 0 Å². The maximum atomic E-state index is 13.3. The summed E-state index contributed by atoms with van der Waals surface area (Å²) >= 11 is 13.0. The predicted molar refractivity (Wildman–Crippen MR) is 119 cm³/mol. The van der Waals surface area contributed by atoms with Crippen molar-refractivity contribution in [2.75, 3.05) is 5.32 Å². The van der Waals surface area contributed by atoms with Crippen molar-refractivity contribution >= 4 is 34.9 Å². The summed E-state index contributed by atoms with van der Waals surface area (Å²) in [6.45, 7) is 4.21. The van der Waals surface area contributed by atoms with Crippen LogP contribution in [0, 0.1) is 5.41 Å². The van der Waals surface area contributed by atoms with Crippen LogP contribution >= 0.6 is 23.2 Å². The average molecular weight is 439 g/mol. The summed E-state index contributed by atoms with van der Waals surface area (Å²) in [6, 6.07) is 14.6. The second-order valence-corrected chi connectivity index (χ2v) is 9.38. The van der Waals surface area contributed by atoms with Gasteiger partial charge in [0.1, 0.15) is 6.04 Å². The molecule has 5 rings (SSSR count). The number of nitrogens with one attached hydrogen (secondary N) is 1. The van der Waals surface area contributed by atoms with Crippen LogP contribution in [0.25, 0.3) is 11.4 Å². The van der Waals surface area contributed by atoms with E-state index in [2.05, 4.69) is 19.2 Å². The lowest BCUT2D eigenvalue weighted by Gasteiger charge is -2.38. The first-order valence-electron chi connectivity index (χ1n) is 9.83. The number of rotatable bonds is 2. The lowest BCUT2D eigenvalue weighted by Crippen LogP contribution is -2.36. The van der Waals surface area contributed by atoms with Crippen LogP contribution in [0.3, 0.4) is 0 Å². The number of hydrogen-bond donors (Lipinski definition) is 1. The minimum absolute atomic E-state index is 0.110. The van der Waals surface area contributed by atoms with E-state index in [4.69, 9.17) is 33.3 Å². The fourth-order valence-electron chi connectivity index (χ4n) is 4.35. The monoisotopic (exact) mass is 438 g/mol. The summed E-state index contributed by atoms with van der Waals surface area (Å²) in [5.74, 6) is 1.20. The van der Waals surface area contributed by atoms with Crippen molar-refractivity contribution in [2.24, 2.45) is 5.41 Å². The number of ketones is 1. The number of carbonyl (C=O) groups is 1. The van der Waals surface area contributed by atoms with Crippen LogP contribution in [0.4, 0.5) is 5.95 Å². The molecule has 1 aliphatic heterocycles. The van der Waals surface area contributed by atoms with Gasteiger partial charge in [-0.05, 0) is 30.0 Å². The molecule has 5 nitrogen and oxygen atoms in total. The van der Waals surface area contributed by atoms with Crippen molar-refractivity contribution in [1.29, 1.82) is 0 Å². The van der Waals surface area contributed by atoms with Crippen molar-refractivity contribution in [3.63, 3.8) is 0 Å². The summed E-state index contributed by atoms with van der Waals surface area (Å²) in [4.78, 5) is 18.0. The molecule has 0 amide bonds. The molecule has 0 spiro atoms. The van der Waals surface area contributed by atoms with Crippen molar-refractivity contribution in [1.82, 2.24) is 14.8 Å². The largest absolute Gasteiger partial charge is 0.328 e. The van der Waals surface area contributed by atoms with Crippen LogP contribution in [-0.4, -0.2) is 20.5 Å². The molecule has 2 aromatic carbocycles. The molecule has 1 aromatic heterocycles. The molecular weight excluding hydrogens is 419 g/mol. The van der Waals surface area contributed by atoms with E-state index in [0.717, 1.165) is 23.2 Å². The van der Waals surface area contributed by atoms with Gasteiger partial charge in [-0.25, -0.2) is 4.68 Å². The highest BCUT2D eigenvalue weighted by molar-refractivity contribution is 6.33. The number of Topliss-reactive ketones (excluding diaryl/α,β-unsaturated/α-hetero) is 1. The third-order valence-corrected chi connectivity index (χ3v) is 6.32. The lowest BCUT2D eigenvalue weighted by molar-refractivity contribution is -0.118. The first kappa shape index (κ1) is 19.3. The van der Waals surface area contributed by atoms with Crippen LogP contribution in [0.15, 0.2) is 59.8 Å². The minimum atomic E-state index is -0.433. The van der Waals surface area contributed by atoms with Gasteiger partial charge in [0.15, 0.2) is 11.6 Å². The highest BCUT2D eigenvalue weighted by atomic mass is 35.5. The minimum Gasteiger partial charge on any atom is -0.328 e. The smallest absolute Gasteiger partial charge is 0.226 e. The van der Waals surface area contributed by atoms with Crippen LogP contribution in [-0.2, 0) is 4.79 Å². The Morgan fingerprint density at radius 1 is 1.03 bits per heavy atom. The number of benzene rings is 2. The number of fused-ring (bicyclic) bond motifs is 1. The first-order valence-corrected chi connectivity index (χ1v) is 10.6. The lowest BCUT2D eigenvalue weighted by atomic mass is 9.73. The maximum Gasteiger partial charge on any atom is 0.226 e. The summed E-state index contributed by atoms with van der Waals surface area (Å²) in [5, 5.41) is 9.30. The first-order chi connectivity index (χ1) is 14.3. The molecular formula is C23H20Cl2N4O. The maximum absolute atomic E-state index is 13.3. The predicted octanol–water partition coefficient (Wildman–Crippen LogP) is 5.91. The van der Waals surface area contributed by atoms with E-state index in [-0.39, 0.29) is 11.2 Å². The Balaban J connectivity index is 1.72. The topological polar surface area (TPSA) is 59.8 Å². The molecule has 152 valence electrons.